The molecule has 1 saturated heterocycles. The minimum Gasteiger partial charge on any atom is -0.384 e. The topological polar surface area (TPSA) is 81.3 Å². The van der Waals surface area contributed by atoms with Crippen molar-refractivity contribution < 1.29 is 9.53 Å². The van der Waals surface area contributed by atoms with Gasteiger partial charge in [0, 0.05) is 18.4 Å². The molecule has 6 nitrogen and oxygen atoms in total. The smallest absolute Gasteiger partial charge is 0.255 e. The Bertz CT molecular complexity index is 689. The number of morpholine rings is 1. The molecule has 1 aliphatic rings. The maximum absolute atomic E-state index is 12.6. The largest absolute Gasteiger partial charge is 0.384 e. The molecule has 1 amide bonds. The number of pyridine rings is 2. The molecule has 0 radical (unpaired) electrons. The van der Waals surface area contributed by atoms with Crippen LogP contribution < -0.4 is 5.73 Å². The molecule has 0 aromatic carbocycles. The number of aromatic nitrogens is 2. The third-order valence-electron chi connectivity index (χ3n) is 3.71. The molecule has 0 aliphatic carbocycles. The molecule has 3 rings (SSSR count). The molecule has 3 heterocycles. The van der Waals surface area contributed by atoms with E-state index in [1.807, 2.05) is 19.1 Å². The van der Waals surface area contributed by atoms with Gasteiger partial charge in [-0.25, -0.2) is 4.98 Å². The minimum absolute atomic E-state index is 0.0252. The second-order valence-electron chi connectivity index (χ2n) is 5.23. The number of nitrogens with two attached hydrogens (primary N) is 1. The fraction of sp³-hybridized carbons (Fsp3) is 0.312. The van der Waals surface area contributed by atoms with E-state index in [4.69, 9.17) is 10.5 Å². The van der Waals surface area contributed by atoms with Crippen LogP contribution in [0.25, 0.3) is 0 Å². The number of amides is 1. The number of hydrogen-bond donors (Lipinski definition) is 1. The lowest BCUT2D eigenvalue weighted by Gasteiger charge is -2.33. The van der Waals surface area contributed by atoms with E-state index in [-0.39, 0.29) is 12.0 Å². The Morgan fingerprint density at radius 2 is 2.23 bits per heavy atom. The van der Waals surface area contributed by atoms with Crippen molar-refractivity contribution in [3.8, 4) is 0 Å². The monoisotopic (exact) mass is 298 g/mol. The van der Waals surface area contributed by atoms with Gasteiger partial charge in [-0.05, 0) is 31.2 Å². The molecular weight excluding hydrogens is 280 g/mol. The average Bonchev–Trinajstić information content (AvgIpc) is 2.55. The molecule has 0 saturated carbocycles. The molecule has 1 atom stereocenters. The highest BCUT2D eigenvalue weighted by Crippen LogP contribution is 2.22. The number of aryl methyl sites for hydroxylation is 1. The summed E-state index contributed by atoms with van der Waals surface area (Å²) in [5.41, 5.74) is 7.83. The summed E-state index contributed by atoms with van der Waals surface area (Å²) >= 11 is 0. The Balaban J connectivity index is 1.78. The molecule has 2 aromatic heterocycles. The van der Waals surface area contributed by atoms with Gasteiger partial charge in [0.1, 0.15) is 11.9 Å². The van der Waals surface area contributed by atoms with Crippen LogP contribution in [0.5, 0.6) is 0 Å². The predicted molar refractivity (Wildman–Crippen MR) is 82.2 cm³/mol. The minimum atomic E-state index is -0.252. The van der Waals surface area contributed by atoms with Gasteiger partial charge in [-0.1, -0.05) is 6.07 Å². The summed E-state index contributed by atoms with van der Waals surface area (Å²) in [6.07, 6.45) is 1.43. The summed E-state index contributed by atoms with van der Waals surface area (Å²) in [7, 11) is 0. The van der Waals surface area contributed by atoms with E-state index in [1.54, 1.807) is 29.3 Å². The van der Waals surface area contributed by atoms with Crippen LogP contribution >= 0.6 is 0 Å². The normalized spacial score (nSPS) is 18.2. The first-order chi connectivity index (χ1) is 10.6. The zero-order chi connectivity index (χ0) is 15.5. The zero-order valence-corrected chi connectivity index (χ0v) is 12.4. The molecular formula is C16H18N4O2. The van der Waals surface area contributed by atoms with E-state index in [1.165, 1.54) is 0 Å². The maximum atomic E-state index is 12.6. The van der Waals surface area contributed by atoms with Crippen LogP contribution in [0.4, 0.5) is 5.82 Å². The van der Waals surface area contributed by atoms with Crippen LogP contribution in [0.2, 0.25) is 0 Å². The van der Waals surface area contributed by atoms with E-state index in [9.17, 15) is 4.79 Å². The Hall–Kier alpha value is -2.47. The summed E-state index contributed by atoms with van der Waals surface area (Å²) in [6.45, 7) is 3.34. The number of carbonyl (C=O) groups excluding carboxylic acids is 1. The van der Waals surface area contributed by atoms with Gasteiger partial charge in [-0.15, -0.1) is 0 Å². The molecule has 0 spiro atoms. The van der Waals surface area contributed by atoms with Gasteiger partial charge in [-0.2, -0.15) is 0 Å². The van der Waals surface area contributed by atoms with Crippen LogP contribution in [0.15, 0.2) is 36.5 Å². The molecule has 1 aliphatic heterocycles. The van der Waals surface area contributed by atoms with Gasteiger partial charge >= 0.3 is 0 Å². The van der Waals surface area contributed by atoms with E-state index in [0.29, 0.717) is 31.1 Å². The first-order valence-electron chi connectivity index (χ1n) is 7.20. The second kappa shape index (κ2) is 6.11. The third-order valence-corrected chi connectivity index (χ3v) is 3.71. The number of hydrogen-bond acceptors (Lipinski definition) is 5. The van der Waals surface area contributed by atoms with Crippen molar-refractivity contribution in [2.45, 2.75) is 13.0 Å². The molecule has 2 N–H and O–H groups in total. The first kappa shape index (κ1) is 14.5. The molecule has 22 heavy (non-hydrogen) atoms. The molecule has 1 unspecified atom stereocenters. The van der Waals surface area contributed by atoms with Gasteiger partial charge in [0.05, 0.1) is 24.4 Å². The Labute approximate surface area is 128 Å². The fourth-order valence-electron chi connectivity index (χ4n) is 2.54. The highest BCUT2D eigenvalue weighted by Gasteiger charge is 2.27. The number of anilines is 1. The van der Waals surface area contributed by atoms with Crippen LogP contribution in [-0.2, 0) is 4.74 Å². The summed E-state index contributed by atoms with van der Waals surface area (Å²) in [5, 5.41) is 0. The average molecular weight is 298 g/mol. The van der Waals surface area contributed by atoms with Crippen molar-refractivity contribution in [2.75, 3.05) is 25.4 Å². The van der Waals surface area contributed by atoms with Crippen molar-refractivity contribution in [1.29, 1.82) is 0 Å². The maximum Gasteiger partial charge on any atom is 0.255 e. The van der Waals surface area contributed by atoms with E-state index < -0.39 is 0 Å². The zero-order valence-electron chi connectivity index (χ0n) is 12.4. The van der Waals surface area contributed by atoms with Gasteiger partial charge in [0.15, 0.2) is 0 Å². The van der Waals surface area contributed by atoms with E-state index >= 15 is 0 Å². The lowest BCUT2D eigenvalue weighted by molar-refractivity contribution is -0.0247. The number of carbonyl (C=O) groups is 1. The number of ether oxygens (including phenoxy) is 1. The molecule has 114 valence electrons. The summed E-state index contributed by atoms with van der Waals surface area (Å²) in [6, 6.07) is 9.01. The van der Waals surface area contributed by atoms with Crippen LogP contribution in [-0.4, -0.2) is 40.5 Å². The molecule has 6 heteroatoms. The lowest BCUT2D eigenvalue weighted by atomic mass is 10.1. The highest BCUT2D eigenvalue weighted by molar-refractivity contribution is 5.95. The van der Waals surface area contributed by atoms with Crippen molar-refractivity contribution in [1.82, 2.24) is 14.9 Å². The van der Waals surface area contributed by atoms with Gasteiger partial charge in [-0.3, -0.25) is 9.78 Å². The predicted octanol–water partition coefficient (Wildman–Crippen LogP) is 1.58. The van der Waals surface area contributed by atoms with E-state index in [2.05, 4.69) is 9.97 Å². The molecule has 1 fully saturated rings. The van der Waals surface area contributed by atoms with Gasteiger partial charge in [0.25, 0.3) is 5.91 Å². The quantitative estimate of drug-likeness (QED) is 0.910. The summed E-state index contributed by atoms with van der Waals surface area (Å²) < 4.78 is 5.74. The van der Waals surface area contributed by atoms with Gasteiger partial charge in [0.2, 0.25) is 0 Å². The lowest BCUT2D eigenvalue weighted by Crippen LogP contribution is -2.42. The molecule has 0 bridgehead atoms. The first-order valence-corrected chi connectivity index (χ1v) is 7.20. The number of rotatable bonds is 2. The number of nitrogens with zero attached hydrogens (tertiary/aromatic N) is 3. The Morgan fingerprint density at radius 3 is 3.00 bits per heavy atom. The van der Waals surface area contributed by atoms with E-state index in [0.717, 1.165) is 11.4 Å². The van der Waals surface area contributed by atoms with Crippen LogP contribution in [0, 0.1) is 6.92 Å². The summed E-state index contributed by atoms with van der Waals surface area (Å²) in [4.78, 5) is 22.9. The van der Waals surface area contributed by atoms with Crippen molar-refractivity contribution in [3.05, 3.63) is 53.5 Å². The SMILES string of the molecule is Cc1ncccc1C(=O)N1CCOC(c2cccc(N)n2)C1. The van der Waals surface area contributed by atoms with Crippen molar-refractivity contribution >= 4 is 11.7 Å². The second-order valence-corrected chi connectivity index (χ2v) is 5.23. The van der Waals surface area contributed by atoms with Crippen LogP contribution in [0.1, 0.15) is 27.8 Å². The molecule has 2 aromatic rings. The summed E-state index contributed by atoms with van der Waals surface area (Å²) in [5.74, 6) is 0.426. The fourth-order valence-corrected chi connectivity index (χ4v) is 2.54. The Morgan fingerprint density at radius 1 is 1.36 bits per heavy atom. The third kappa shape index (κ3) is 2.92. The van der Waals surface area contributed by atoms with Crippen LogP contribution in [0.3, 0.4) is 0 Å². The van der Waals surface area contributed by atoms with Gasteiger partial charge < -0.3 is 15.4 Å². The van der Waals surface area contributed by atoms with Crippen molar-refractivity contribution in [3.63, 3.8) is 0 Å². The van der Waals surface area contributed by atoms with Crippen molar-refractivity contribution in [2.24, 2.45) is 0 Å². The standard InChI is InChI=1S/C16H18N4O2/c1-11-12(4-3-7-18-11)16(21)20-8-9-22-14(10-20)13-5-2-6-15(17)19-13/h2-7,14H,8-10H2,1H3,(H2,17,19). The highest BCUT2D eigenvalue weighted by atomic mass is 16.5. The Kier molecular flexibility index (Phi) is 4.02. The number of nitrogen functional groups attached to an aromatic ring is 1.